The fourth-order valence-corrected chi connectivity index (χ4v) is 2.78. The summed E-state index contributed by atoms with van der Waals surface area (Å²) in [6.45, 7) is 0.689. The highest BCUT2D eigenvalue weighted by Crippen LogP contribution is 2.22. The second kappa shape index (κ2) is 6.15. The van der Waals surface area contributed by atoms with Crippen LogP contribution in [0.15, 0.2) is 35.4 Å². The Balaban J connectivity index is 2.00. The van der Waals surface area contributed by atoms with E-state index in [0.29, 0.717) is 6.54 Å². The van der Waals surface area contributed by atoms with Crippen LogP contribution in [-0.4, -0.2) is 31.8 Å². The molecule has 0 aliphatic carbocycles. The topological polar surface area (TPSA) is 102 Å². The van der Waals surface area contributed by atoms with E-state index in [2.05, 4.69) is 15.1 Å². The van der Waals surface area contributed by atoms with Crippen LogP contribution in [0.3, 0.4) is 0 Å². The van der Waals surface area contributed by atoms with Crippen molar-refractivity contribution in [3.05, 3.63) is 36.2 Å². The summed E-state index contributed by atoms with van der Waals surface area (Å²) < 4.78 is 27.4. The lowest BCUT2D eigenvalue weighted by atomic mass is 10.2. The Labute approximate surface area is 124 Å². The maximum atomic E-state index is 11.7. The van der Waals surface area contributed by atoms with Crippen LogP contribution < -0.4 is 15.8 Å². The molecule has 0 unspecified atom stereocenters. The molecule has 4 N–H and O–H groups in total. The zero-order valence-corrected chi connectivity index (χ0v) is 12.8. The second-order valence-electron chi connectivity index (χ2n) is 4.62. The first kappa shape index (κ1) is 15.3. The minimum atomic E-state index is -3.52. The zero-order chi connectivity index (χ0) is 15.5. The highest BCUT2D eigenvalue weighted by molar-refractivity contribution is 7.89. The zero-order valence-electron chi connectivity index (χ0n) is 12.0. The van der Waals surface area contributed by atoms with Gasteiger partial charge in [-0.15, -0.1) is 0 Å². The Morgan fingerprint density at radius 3 is 2.67 bits per heavy atom. The molecule has 2 rings (SSSR count). The van der Waals surface area contributed by atoms with E-state index in [1.807, 2.05) is 19.3 Å². The number of aryl methyl sites for hydroxylation is 1. The van der Waals surface area contributed by atoms with Crippen molar-refractivity contribution < 1.29 is 8.42 Å². The summed E-state index contributed by atoms with van der Waals surface area (Å²) in [6.07, 6.45) is 2.67. The van der Waals surface area contributed by atoms with Gasteiger partial charge in [0.05, 0.1) is 11.4 Å². The van der Waals surface area contributed by atoms with Crippen LogP contribution in [-0.2, 0) is 23.5 Å². The van der Waals surface area contributed by atoms with Gasteiger partial charge in [-0.25, -0.2) is 13.1 Å². The molecule has 0 fully saturated rings. The van der Waals surface area contributed by atoms with Gasteiger partial charge >= 0.3 is 0 Å². The molecule has 0 spiro atoms. The highest BCUT2D eigenvalue weighted by Gasteiger charge is 2.15. The van der Waals surface area contributed by atoms with Crippen LogP contribution in [0.5, 0.6) is 0 Å². The minimum Gasteiger partial charge on any atom is -0.398 e. The van der Waals surface area contributed by atoms with Gasteiger partial charge in [0.2, 0.25) is 10.0 Å². The molecular weight excluding hydrogens is 290 g/mol. The van der Waals surface area contributed by atoms with Crippen LogP contribution in [0.2, 0.25) is 0 Å². The third kappa shape index (κ3) is 3.73. The van der Waals surface area contributed by atoms with Gasteiger partial charge in [-0.1, -0.05) is 0 Å². The van der Waals surface area contributed by atoms with Gasteiger partial charge in [0.25, 0.3) is 0 Å². The Hall–Kier alpha value is -2.06. The molecule has 114 valence electrons. The molecule has 1 aromatic carbocycles. The van der Waals surface area contributed by atoms with Crippen molar-refractivity contribution in [1.29, 1.82) is 0 Å². The number of sulfonamides is 1. The number of rotatable bonds is 6. The molecule has 7 nitrogen and oxygen atoms in total. The third-order valence-electron chi connectivity index (χ3n) is 3.05. The molecule has 0 saturated carbocycles. The van der Waals surface area contributed by atoms with E-state index < -0.39 is 10.0 Å². The molecule has 0 aliphatic heterocycles. The van der Waals surface area contributed by atoms with E-state index >= 15 is 0 Å². The van der Waals surface area contributed by atoms with Crippen molar-refractivity contribution in [1.82, 2.24) is 14.5 Å². The number of nitrogens with two attached hydrogens (primary N) is 1. The number of nitrogen functional groups attached to an aromatic ring is 1. The summed E-state index contributed by atoms with van der Waals surface area (Å²) in [6, 6.07) is 6.75. The first-order valence-corrected chi connectivity index (χ1v) is 7.96. The van der Waals surface area contributed by atoms with E-state index in [-0.39, 0.29) is 10.6 Å². The number of aromatic nitrogens is 2. The first-order valence-electron chi connectivity index (χ1n) is 6.48. The molecule has 0 aliphatic rings. The Morgan fingerprint density at radius 2 is 2.10 bits per heavy atom. The maximum absolute atomic E-state index is 11.7. The quantitative estimate of drug-likeness (QED) is 0.677. The fourth-order valence-electron chi connectivity index (χ4n) is 1.94. The van der Waals surface area contributed by atoms with Gasteiger partial charge in [0.15, 0.2) is 0 Å². The number of nitrogens with zero attached hydrogens (tertiary/aromatic N) is 2. The third-order valence-corrected chi connectivity index (χ3v) is 4.54. The van der Waals surface area contributed by atoms with Crippen LogP contribution in [0.4, 0.5) is 11.4 Å². The average Bonchev–Trinajstić information content (AvgIpc) is 2.84. The lowest BCUT2D eigenvalue weighted by Gasteiger charge is -2.10. The van der Waals surface area contributed by atoms with Crippen molar-refractivity contribution in [2.45, 2.75) is 11.3 Å². The van der Waals surface area contributed by atoms with Crippen molar-refractivity contribution in [2.24, 2.45) is 7.05 Å². The van der Waals surface area contributed by atoms with Crippen LogP contribution >= 0.6 is 0 Å². The molecule has 0 bridgehead atoms. The molecule has 21 heavy (non-hydrogen) atoms. The van der Waals surface area contributed by atoms with E-state index in [1.54, 1.807) is 16.8 Å². The number of hydrogen-bond donors (Lipinski definition) is 3. The molecule has 2 aromatic rings. The lowest BCUT2D eigenvalue weighted by molar-refractivity contribution is 0.588. The van der Waals surface area contributed by atoms with E-state index in [1.165, 1.54) is 13.1 Å². The number of hydrogen-bond acceptors (Lipinski definition) is 5. The normalized spacial score (nSPS) is 11.5. The van der Waals surface area contributed by atoms with Gasteiger partial charge in [0, 0.05) is 31.9 Å². The van der Waals surface area contributed by atoms with Gasteiger partial charge in [-0.3, -0.25) is 4.68 Å². The van der Waals surface area contributed by atoms with Crippen LogP contribution in [0.25, 0.3) is 0 Å². The molecule has 1 heterocycles. The summed E-state index contributed by atoms with van der Waals surface area (Å²) in [5.41, 5.74) is 7.78. The predicted molar refractivity (Wildman–Crippen MR) is 82.5 cm³/mol. The van der Waals surface area contributed by atoms with E-state index in [9.17, 15) is 8.42 Å². The predicted octanol–water partition coefficient (Wildman–Crippen LogP) is 0.565. The summed E-state index contributed by atoms with van der Waals surface area (Å²) in [7, 11) is -0.293. The van der Waals surface area contributed by atoms with Gasteiger partial charge in [-0.2, -0.15) is 5.10 Å². The smallest absolute Gasteiger partial charge is 0.242 e. The Kier molecular flexibility index (Phi) is 4.49. The monoisotopic (exact) mass is 309 g/mol. The highest BCUT2D eigenvalue weighted by atomic mass is 32.2. The fraction of sp³-hybridized carbons (Fsp3) is 0.308. The Morgan fingerprint density at radius 1 is 1.33 bits per heavy atom. The van der Waals surface area contributed by atoms with Gasteiger partial charge < -0.3 is 11.1 Å². The summed E-state index contributed by atoms with van der Waals surface area (Å²) in [5, 5.41) is 7.48. The van der Waals surface area contributed by atoms with Crippen LogP contribution in [0, 0.1) is 0 Å². The molecule has 8 heteroatoms. The summed E-state index contributed by atoms with van der Waals surface area (Å²) in [4.78, 5) is 0.0836. The van der Waals surface area contributed by atoms with E-state index in [0.717, 1.165) is 17.8 Å². The summed E-state index contributed by atoms with van der Waals surface area (Å²) in [5.74, 6) is 0. The van der Waals surface area contributed by atoms with Crippen molar-refractivity contribution in [2.75, 3.05) is 24.6 Å². The van der Waals surface area contributed by atoms with Crippen molar-refractivity contribution in [3.63, 3.8) is 0 Å². The SMILES string of the molecule is CNS(=O)(=O)c1ccc(NCCc2ccn(C)n2)cc1N. The molecule has 0 radical (unpaired) electrons. The van der Waals surface area contributed by atoms with Crippen molar-refractivity contribution in [3.8, 4) is 0 Å². The Bertz CT molecular complexity index is 724. The van der Waals surface area contributed by atoms with Gasteiger partial charge in [-0.05, 0) is 31.3 Å². The molecule has 0 atom stereocenters. The number of benzene rings is 1. The first-order chi connectivity index (χ1) is 9.92. The number of anilines is 2. The average molecular weight is 309 g/mol. The van der Waals surface area contributed by atoms with Crippen LogP contribution in [0.1, 0.15) is 5.69 Å². The van der Waals surface area contributed by atoms with E-state index in [4.69, 9.17) is 5.73 Å². The molecule has 0 amide bonds. The summed E-state index contributed by atoms with van der Waals surface area (Å²) >= 11 is 0. The van der Waals surface area contributed by atoms with Crippen molar-refractivity contribution >= 4 is 21.4 Å². The maximum Gasteiger partial charge on any atom is 0.242 e. The molecule has 1 aromatic heterocycles. The molecule has 0 saturated heterocycles. The minimum absolute atomic E-state index is 0.0836. The largest absolute Gasteiger partial charge is 0.398 e. The lowest BCUT2D eigenvalue weighted by Crippen LogP contribution is -2.20. The molecular formula is C13H19N5O2S. The second-order valence-corrected chi connectivity index (χ2v) is 6.47. The van der Waals surface area contributed by atoms with Gasteiger partial charge in [0.1, 0.15) is 4.90 Å². The number of nitrogens with one attached hydrogen (secondary N) is 2. The standard InChI is InChI=1S/C13H19N5O2S/c1-15-21(19,20)13-4-3-11(9-12(13)14)16-7-5-10-6-8-18(2)17-10/h3-4,6,8-9,15-16H,5,7,14H2,1-2H3.